The molecule has 3 N–H and O–H groups in total. The number of carbonyl (C=O) groups excluding carboxylic acids is 1. The third kappa shape index (κ3) is 6.30. The van der Waals surface area contributed by atoms with Crippen molar-refractivity contribution in [1.82, 2.24) is 30.2 Å². The summed E-state index contributed by atoms with van der Waals surface area (Å²) in [6.07, 6.45) is 3.43. The minimum atomic E-state index is -2.78. The number of rotatable bonds is 10. The molecule has 2 saturated carbocycles. The maximum atomic E-state index is 13.3. The number of piperidine rings is 1. The number of hydrogen-bond acceptors (Lipinski definition) is 10. The predicted octanol–water partition coefficient (Wildman–Crippen LogP) is 2.35. The molecule has 5 rings (SSSR count). The first-order chi connectivity index (χ1) is 18.1. The van der Waals surface area contributed by atoms with E-state index in [1.165, 1.54) is 12.5 Å². The zero-order valence-corrected chi connectivity index (χ0v) is 20.5. The fourth-order valence-corrected chi connectivity index (χ4v) is 4.47. The van der Waals surface area contributed by atoms with Crippen LogP contribution >= 0.6 is 0 Å². The van der Waals surface area contributed by atoms with Gasteiger partial charge in [0.05, 0.1) is 18.7 Å². The third-order valence-electron chi connectivity index (χ3n) is 6.98. The van der Waals surface area contributed by atoms with Gasteiger partial charge in [0, 0.05) is 38.9 Å². The largest absolute Gasteiger partial charge is 0.488 e. The molecule has 3 aliphatic rings. The maximum absolute atomic E-state index is 13.3. The highest BCUT2D eigenvalue weighted by molar-refractivity contribution is 5.90. The van der Waals surface area contributed by atoms with Crippen molar-refractivity contribution in [2.45, 2.75) is 43.9 Å². The van der Waals surface area contributed by atoms with Crippen LogP contribution in [0.3, 0.4) is 0 Å². The highest BCUT2D eigenvalue weighted by Gasteiger charge is 2.57. The Hall–Kier alpha value is -3.52. The van der Waals surface area contributed by atoms with E-state index in [4.69, 9.17) is 15.2 Å². The molecule has 0 bridgehead atoms. The van der Waals surface area contributed by atoms with Crippen LogP contribution in [0.2, 0.25) is 0 Å². The molecule has 0 radical (unpaired) electrons. The number of nitrogens with two attached hydrogens (primary N) is 1. The van der Waals surface area contributed by atoms with Crippen LogP contribution < -0.4 is 25.4 Å². The zero-order valence-electron chi connectivity index (χ0n) is 20.5. The van der Waals surface area contributed by atoms with Gasteiger partial charge in [-0.25, -0.2) is 27.5 Å². The Kier molecular flexibility index (Phi) is 7.09. The monoisotopic (exact) mass is 540 g/mol. The summed E-state index contributed by atoms with van der Waals surface area (Å²) in [5.41, 5.74) is 5.78. The molecule has 1 unspecified atom stereocenters. The molecule has 0 aromatic carbocycles. The van der Waals surface area contributed by atoms with Crippen LogP contribution in [0.15, 0.2) is 12.5 Å². The predicted molar refractivity (Wildman–Crippen MR) is 125 cm³/mol. The molecule has 2 aromatic heterocycles. The Morgan fingerprint density at radius 2 is 1.79 bits per heavy atom. The molecule has 206 valence electrons. The highest BCUT2D eigenvalue weighted by Crippen LogP contribution is 2.48. The van der Waals surface area contributed by atoms with Crippen molar-refractivity contribution in [3.63, 3.8) is 0 Å². The van der Waals surface area contributed by atoms with Gasteiger partial charge < -0.3 is 25.4 Å². The van der Waals surface area contributed by atoms with Crippen molar-refractivity contribution in [3.05, 3.63) is 18.3 Å². The van der Waals surface area contributed by atoms with E-state index < -0.39 is 23.7 Å². The number of aromatic nitrogens is 5. The molecule has 2 aliphatic carbocycles. The summed E-state index contributed by atoms with van der Waals surface area (Å²) in [6, 6.07) is -0.233. The minimum Gasteiger partial charge on any atom is -0.488 e. The van der Waals surface area contributed by atoms with Gasteiger partial charge in [-0.1, -0.05) is 0 Å². The molecule has 1 amide bonds. The normalized spacial score (nSPS) is 22.4. The molecule has 0 spiro atoms. The second kappa shape index (κ2) is 10.3. The Morgan fingerprint density at radius 1 is 1.05 bits per heavy atom. The number of hydrogen-bond donors (Lipinski definition) is 2. The summed E-state index contributed by atoms with van der Waals surface area (Å²) in [7, 11) is 0. The van der Waals surface area contributed by atoms with Crippen molar-refractivity contribution >= 4 is 17.7 Å². The van der Waals surface area contributed by atoms with Crippen molar-refractivity contribution in [1.29, 1.82) is 0 Å². The molecule has 1 atom stereocenters. The fourth-order valence-electron chi connectivity index (χ4n) is 4.47. The molecule has 2 aromatic rings. The molecule has 11 nitrogen and oxygen atoms in total. The van der Waals surface area contributed by atoms with Gasteiger partial charge in [-0.2, -0.15) is 15.0 Å². The standard InChI is InChI=1S/C23H28F4N8O3/c24-22(25)5-14(6-22)8-30-19(36)18-32-20(34-21(33-18)38-11-15-7-23(15,26)27)35-3-1-13(2-4-35)10-37-16-9-29-12-31-17(16)28/h9,12-15H,1-8,10-11H2,(H,30,36)(H2,28,29,31). The molecule has 15 heteroatoms. The van der Waals surface area contributed by atoms with E-state index in [-0.39, 0.29) is 67.9 Å². The van der Waals surface area contributed by atoms with Crippen LogP contribution in [0, 0.1) is 17.8 Å². The topological polar surface area (TPSA) is 141 Å². The van der Waals surface area contributed by atoms with Gasteiger partial charge in [0.15, 0.2) is 11.6 Å². The van der Waals surface area contributed by atoms with Crippen molar-refractivity contribution < 1.29 is 31.8 Å². The van der Waals surface area contributed by atoms with E-state index in [2.05, 4.69) is 30.2 Å². The lowest BCUT2D eigenvalue weighted by Crippen LogP contribution is -2.43. The van der Waals surface area contributed by atoms with Gasteiger partial charge in [-0.15, -0.1) is 0 Å². The first-order valence-electron chi connectivity index (χ1n) is 12.4. The number of nitrogens with one attached hydrogen (secondary N) is 1. The highest BCUT2D eigenvalue weighted by atomic mass is 19.3. The molecule has 1 aliphatic heterocycles. The van der Waals surface area contributed by atoms with Crippen molar-refractivity contribution in [2.24, 2.45) is 17.8 Å². The molecular formula is C23H28F4N8O3. The Bertz CT molecular complexity index is 1160. The Balaban J connectivity index is 1.21. The average Bonchev–Trinajstić information content (AvgIpc) is 3.50. The minimum absolute atomic E-state index is 0.0578. The number of alkyl halides is 4. The van der Waals surface area contributed by atoms with Crippen LogP contribution in [-0.4, -0.2) is 75.5 Å². The van der Waals surface area contributed by atoms with Crippen molar-refractivity contribution in [2.75, 3.05) is 43.5 Å². The summed E-state index contributed by atoms with van der Waals surface area (Å²) >= 11 is 0. The van der Waals surface area contributed by atoms with Crippen LogP contribution in [0.4, 0.5) is 29.3 Å². The third-order valence-corrected chi connectivity index (χ3v) is 6.98. The van der Waals surface area contributed by atoms with E-state index in [1.807, 2.05) is 4.90 Å². The van der Waals surface area contributed by atoms with E-state index in [9.17, 15) is 22.4 Å². The average molecular weight is 541 g/mol. The SMILES string of the molecule is Nc1ncncc1OCC1CCN(c2nc(OCC3CC3(F)F)nc(C(=O)NCC3CC(F)(F)C3)n2)CC1. The number of amides is 1. The van der Waals surface area contributed by atoms with Gasteiger partial charge in [0.1, 0.15) is 12.9 Å². The Morgan fingerprint density at radius 3 is 2.45 bits per heavy atom. The van der Waals surface area contributed by atoms with Gasteiger partial charge in [-0.3, -0.25) is 4.79 Å². The van der Waals surface area contributed by atoms with Gasteiger partial charge >= 0.3 is 6.01 Å². The number of nitrogen functional groups attached to an aromatic ring is 1. The summed E-state index contributed by atoms with van der Waals surface area (Å²) < 4.78 is 63.9. The van der Waals surface area contributed by atoms with Crippen LogP contribution in [-0.2, 0) is 0 Å². The lowest BCUT2D eigenvalue weighted by molar-refractivity contribution is -0.108. The maximum Gasteiger partial charge on any atom is 0.321 e. The molecule has 38 heavy (non-hydrogen) atoms. The smallest absolute Gasteiger partial charge is 0.321 e. The number of anilines is 2. The number of halogens is 4. The van der Waals surface area contributed by atoms with E-state index in [0.717, 1.165) is 12.8 Å². The first kappa shape index (κ1) is 26.1. The molecule has 3 fully saturated rings. The first-order valence-corrected chi connectivity index (χ1v) is 12.4. The van der Waals surface area contributed by atoms with Crippen LogP contribution in [0.1, 0.15) is 42.7 Å². The second-order valence-corrected chi connectivity index (χ2v) is 10.1. The van der Waals surface area contributed by atoms with Crippen molar-refractivity contribution in [3.8, 4) is 11.8 Å². The Labute approximate surface area is 215 Å². The molecule has 3 heterocycles. The molecular weight excluding hydrogens is 512 g/mol. The summed E-state index contributed by atoms with van der Waals surface area (Å²) in [4.78, 5) is 34.9. The lowest BCUT2D eigenvalue weighted by Gasteiger charge is -2.34. The van der Waals surface area contributed by atoms with Gasteiger partial charge in [0.2, 0.25) is 17.7 Å². The summed E-state index contributed by atoms with van der Waals surface area (Å²) in [6.45, 7) is 1.26. The lowest BCUT2D eigenvalue weighted by atomic mass is 9.81. The number of nitrogens with zero attached hydrogens (tertiary/aromatic N) is 6. The van der Waals surface area contributed by atoms with Gasteiger partial charge in [-0.05, 0) is 24.7 Å². The van der Waals surface area contributed by atoms with Crippen LogP contribution in [0.5, 0.6) is 11.8 Å². The summed E-state index contributed by atoms with van der Waals surface area (Å²) in [5.74, 6) is -6.60. The van der Waals surface area contributed by atoms with E-state index in [1.54, 1.807) is 0 Å². The zero-order chi connectivity index (χ0) is 26.9. The van der Waals surface area contributed by atoms with Crippen LogP contribution in [0.25, 0.3) is 0 Å². The second-order valence-electron chi connectivity index (χ2n) is 10.1. The number of carbonyl (C=O) groups is 1. The summed E-state index contributed by atoms with van der Waals surface area (Å²) in [5, 5.41) is 2.57. The number of ether oxygens (including phenoxy) is 2. The quantitative estimate of drug-likeness (QED) is 0.432. The van der Waals surface area contributed by atoms with E-state index >= 15 is 0 Å². The fraction of sp³-hybridized carbons (Fsp3) is 0.652. The van der Waals surface area contributed by atoms with Gasteiger partial charge in [0.25, 0.3) is 11.8 Å². The van der Waals surface area contributed by atoms with E-state index in [0.29, 0.717) is 25.4 Å². The molecule has 1 saturated heterocycles.